The summed E-state index contributed by atoms with van der Waals surface area (Å²) in [6.45, 7) is 8.04. The lowest BCUT2D eigenvalue weighted by Gasteiger charge is -2.28. The van der Waals surface area contributed by atoms with Gasteiger partial charge in [-0.3, -0.25) is 0 Å². The average Bonchev–Trinajstić information content (AvgIpc) is 2.64. The topological polar surface area (TPSA) is 81.4 Å². The van der Waals surface area contributed by atoms with Gasteiger partial charge in [-0.15, -0.1) is 0 Å². The summed E-state index contributed by atoms with van der Waals surface area (Å²) in [7, 11) is -3.61. The van der Waals surface area contributed by atoms with Crippen LogP contribution in [-0.4, -0.2) is 26.7 Å². The minimum atomic E-state index is -3.61. The van der Waals surface area contributed by atoms with Gasteiger partial charge in [0.1, 0.15) is 0 Å². The quantitative estimate of drug-likeness (QED) is 0.833. The lowest BCUT2D eigenvalue weighted by atomic mass is 9.97. The molecule has 0 bridgehead atoms. The number of hydrogen-bond acceptors (Lipinski definition) is 4. The van der Waals surface area contributed by atoms with Crippen molar-refractivity contribution in [1.82, 2.24) is 4.72 Å². The molecule has 1 aliphatic heterocycles. The van der Waals surface area contributed by atoms with Crippen LogP contribution in [0.25, 0.3) is 0 Å². The van der Waals surface area contributed by atoms with E-state index in [1.807, 2.05) is 27.7 Å². The molecule has 6 heteroatoms. The summed E-state index contributed by atoms with van der Waals surface area (Å²) in [4.78, 5) is 0.207. The number of aryl methyl sites for hydroxylation is 1. The van der Waals surface area contributed by atoms with Crippen LogP contribution in [0.3, 0.4) is 0 Å². The summed E-state index contributed by atoms with van der Waals surface area (Å²) in [5, 5.41) is 0. The Balaban J connectivity index is 2.36. The number of nitrogen functional groups attached to an aromatic ring is 1. The highest BCUT2D eigenvalue weighted by molar-refractivity contribution is 7.89. The first-order valence-electron chi connectivity index (χ1n) is 6.68. The maximum Gasteiger partial charge on any atom is 0.241 e. The van der Waals surface area contributed by atoms with Crippen LogP contribution in [0.2, 0.25) is 0 Å². The summed E-state index contributed by atoms with van der Waals surface area (Å²) in [5.74, 6) is 0. The first kappa shape index (κ1) is 15.3. The van der Waals surface area contributed by atoms with Gasteiger partial charge in [0.15, 0.2) is 0 Å². The van der Waals surface area contributed by atoms with E-state index in [0.29, 0.717) is 18.7 Å². The summed E-state index contributed by atoms with van der Waals surface area (Å²) in [6, 6.07) is 3.16. The average molecular weight is 298 g/mol. The van der Waals surface area contributed by atoms with Crippen LogP contribution in [0.5, 0.6) is 0 Å². The molecule has 3 N–H and O–H groups in total. The fourth-order valence-electron chi connectivity index (χ4n) is 2.34. The molecule has 2 rings (SSSR count). The highest BCUT2D eigenvalue weighted by atomic mass is 32.2. The van der Waals surface area contributed by atoms with Crippen LogP contribution in [0.1, 0.15) is 31.4 Å². The molecule has 1 aliphatic rings. The molecule has 2 atom stereocenters. The lowest BCUT2D eigenvalue weighted by Crippen LogP contribution is -2.50. The third kappa shape index (κ3) is 2.68. The number of nitrogens with one attached hydrogen (secondary N) is 1. The van der Waals surface area contributed by atoms with Crippen LogP contribution in [-0.2, 0) is 14.8 Å². The molecule has 112 valence electrons. The molecule has 0 amide bonds. The highest BCUT2D eigenvalue weighted by Crippen LogP contribution is 2.28. The SMILES string of the molecule is Cc1cc(S(=O)(=O)NC2(C)CCOC2C)cc(N)c1C. The van der Waals surface area contributed by atoms with Gasteiger partial charge < -0.3 is 10.5 Å². The minimum absolute atomic E-state index is 0.152. The minimum Gasteiger partial charge on any atom is -0.398 e. The monoisotopic (exact) mass is 298 g/mol. The number of anilines is 1. The maximum absolute atomic E-state index is 12.5. The fraction of sp³-hybridized carbons (Fsp3) is 0.571. The number of rotatable bonds is 3. The van der Waals surface area contributed by atoms with E-state index in [-0.39, 0.29) is 11.0 Å². The molecule has 0 radical (unpaired) electrons. The number of nitrogens with two attached hydrogens (primary N) is 1. The second kappa shape index (κ2) is 5.02. The Labute approximate surface area is 120 Å². The van der Waals surface area contributed by atoms with Crippen molar-refractivity contribution in [3.63, 3.8) is 0 Å². The van der Waals surface area contributed by atoms with Crippen molar-refractivity contribution in [1.29, 1.82) is 0 Å². The lowest BCUT2D eigenvalue weighted by molar-refractivity contribution is 0.0957. The summed E-state index contributed by atoms with van der Waals surface area (Å²) in [5.41, 5.74) is 7.56. The maximum atomic E-state index is 12.5. The van der Waals surface area contributed by atoms with Gasteiger partial charge in [0.05, 0.1) is 16.5 Å². The number of sulfonamides is 1. The number of hydrogen-bond donors (Lipinski definition) is 2. The van der Waals surface area contributed by atoms with Gasteiger partial charge in [-0.1, -0.05) is 0 Å². The van der Waals surface area contributed by atoms with Crippen molar-refractivity contribution in [3.05, 3.63) is 23.3 Å². The van der Waals surface area contributed by atoms with Crippen molar-refractivity contribution in [2.75, 3.05) is 12.3 Å². The number of benzene rings is 1. The molecule has 0 saturated carbocycles. The molecule has 0 aromatic heterocycles. The van der Waals surface area contributed by atoms with Gasteiger partial charge in [-0.25, -0.2) is 13.1 Å². The predicted octanol–water partition coefficient (Wildman–Crippen LogP) is 1.73. The summed E-state index contributed by atoms with van der Waals surface area (Å²) in [6.07, 6.45) is 0.509. The standard InChI is InChI=1S/C14H22N2O3S/c1-9-7-12(8-13(15)10(9)2)20(17,18)16-14(4)5-6-19-11(14)3/h7-8,11,16H,5-6,15H2,1-4H3. The van der Waals surface area contributed by atoms with Crippen molar-refractivity contribution in [3.8, 4) is 0 Å². The Hall–Kier alpha value is -1.11. The summed E-state index contributed by atoms with van der Waals surface area (Å²) < 4.78 is 33.3. The van der Waals surface area contributed by atoms with Crippen LogP contribution in [0, 0.1) is 13.8 Å². The smallest absolute Gasteiger partial charge is 0.241 e. The van der Waals surface area contributed by atoms with E-state index in [1.165, 1.54) is 6.07 Å². The molecule has 2 unspecified atom stereocenters. The molecule has 1 fully saturated rings. The second-order valence-electron chi connectivity index (χ2n) is 5.74. The third-order valence-corrected chi connectivity index (χ3v) is 5.84. The Morgan fingerprint density at radius 2 is 2.05 bits per heavy atom. The molecular weight excluding hydrogens is 276 g/mol. The van der Waals surface area contributed by atoms with Crippen molar-refractivity contribution in [2.24, 2.45) is 0 Å². The second-order valence-corrected chi connectivity index (χ2v) is 7.42. The van der Waals surface area contributed by atoms with E-state index in [0.717, 1.165) is 11.1 Å². The molecule has 1 heterocycles. The Bertz CT molecular complexity index is 604. The molecule has 1 saturated heterocycles. The third-order valence-electron chi connectivity index (χ3n) is 4.25. The van der Waals surface area contributed by atoms with Crippen LogP contribution in [0.15, 0.2) is 17.0 Å². The zero-order valence-electron chi connectivity index (χ0n) is 12.4. The van der Waals surface area contributed by atoms with Crippen molar-refractivity contribution < 1.29 is 13.2 Å². The summed E-state index contributed by atoms with van der Waals surface area (Å²) >= 11 is 0. The van der Waals surface area contributed by atoms with Gasteiger partial charge in [0.25, 0.3) is 0 Å². The molecular formula is C14H22N2O3S. The number of ether oxygens (including phenoxy) is 1. The molecule has 1 aromatic carbocycles. The van der Waals surface area contributed by atoms with E-state index in [2.05, 4.69) is 4.72 Å². The van der Waals surface area contributed by atoms with E-state index >= 15 is 0 Å². The molecule has 0 aliphatic carbocycles. The highest BCUT2D eigenvalue weighted by Gasteiger charge is 2.40. The Morgan fingerprint density at radius 1 is 1.40 bits per heavy atom. The van der Waals surface area contributed by atoms with Gasteiger partial charge in [-0.05, 0) is 57.4 Å². The molecule has 5 nitrogen and oxygen atoms in total. The van der Waals surface area contributed by atoms with Gasteiger partial charge in [0, 0.05) is 12.3 Å². The van der Waals surface area contributed by atoms with E-state index in [9.17, 15) is 8.42 Å². The van der Waals surface area contributed by atoms with E-state index in [4.69, 9.17) is 10.5 Å². The largest absolute Gasteiger partial charge is 0.398 e. The Morgan fingerprint density at radius 3 is 2.55 bits per heavy atom. The molecule has 0 spiro atoms. The molecule has 20 heavy (non-hydrogen) atoms. The Kier molecular flexibility index (Phi) is 3.83. The first-order chi connectivity index (χ1) is 9.16. The first-order valence-corrected chi connectivity index (χ1v) is 8.16. The van der Waals surface area contributed by atoms with Crippen LogP contribution in [0.4, 0.5) is 5.69 Å². The zero-order chi connectivity index (χ0) is 15.1. The van der Waals surface area contributed by atoms with Crippen molar-refractivity contribution >= 4 is 15.7 Å². The van der Waals surface area contributed by atoms with Gasteiger partial charge in [0.2, 0.25) is 10.0 Å². The van der Waals surface area contributed by atoms with Crippen LogP contribution < -0.4 is 10.5 Å². The van der Waals surface area contributed by atoms with E-state index in [1.54, 1.807) is 6.07 Å². The zero-order valence-corrected chi connectivity index (χ0v) is 13.2. The normalized spacial score (nSPS) is 26.9. The van der Waals surface area contributed by atoms with E-state index < -0.39 is 15.6 Å². The predicted molar refractivity (Wildman–Crippen MR) is 79.1 cm³/mol. The van der Waals surface area contributed by atoms with Crippen LogP contribution >= 0.6 is 0 Å². The fourth-order valence-corrected chi connectivity index (χ4v) is 3.96. The van der Waals surface area contributed by atoms with Crippen molar-refractivity contribution in [2.45, 2.75) is 50.7 Å². The van der Waals surface area contributed by atoms with Gasteiger partial charge >= 0.3 is 0 Å². The molecule has 1 aromatic rings. The van der Waals surface area contributed by atoms with Gasteiger partial charge in [-0.2, -0.15) is 0 Å².